The van der Waals surface area contributed by atoms with Crippen LogP contribution in [0.2, 0.25) is 5.02 Å². The van der Waals surface area contributed by atoms with Crippen molar-refractivity contribution >= 4 is 34.8 Å². The quantitative estimate of drug-likeness (QED) is 0.852. The molecule has 2 N–H and O–H groups in total. The fraction of sp³-hybridized carbons (Fsp3) is 0.222. The van der Waals surface area contributed by atoms with Crippen molar-refractivity contribution in [3.8, 4) is 11.5 Å². The molecule has 136 valence electrons. The van der Waals surface area contributed by atoms with Crippen molar-refractivity contribution in [2.75, 3.05) is 24.9 Å². The van der Waals surface area contributed by atoms with Crippen molar-refractivity contribution in [1.29, 1.82) is 0 Å². The molecule has 0 bridgehead atoms. The summed E-state index contributed by atoms with van der Waals surface area (Å²) in [7, 11) is 2.90. The minimum Gasteiger partial charge on any atom is -0.495 e. The normalized spacial score (nSPS) is 15.7. The van der Waals surface area contributed by atoms with Crippen LogP contribution in [0, 0.1) is 5.82 Å². The number of ether oxygens (including phenoxy) is 2. The predicted octanol–water partition coefficient (Wildman–Crippen LogP) is 3.56. The first-order chi connectivity index (χ1) is 12.4. The second-order valence-electron chi connectivity index (χ2n) is 5.71. The van der Waals surface area contributed by atoms with Crippen molar-refractivity contribution in [2.45, 2.75) is 12.3 Å². The summed E-state index contributed by atoms with van der Waals surface area (Å²) in [4.78, 5) is 24.7. The summed E-state index contributed by atoms with van der Waals surface area (Å²) in [6.45, 7) is 0. The van der Waals surface area contributed by atoms with Gasteiger partial charge in [-0.05, 0) is 17.7 Å². The van der Waals surface area contributed by atoms with Gasteiger partial charge in [-0.25, -0.2) is 4.39 Å². The van der Waals surface area contributed by atoms with E-state index in [1.165, 1.54) is 44.6 Å². The Kier molecular flexibility index (Phi) is 4.99. The maximum atomic E-state index is 13.4. The van der Waals surface area contributed by atoms with E-state index in [0.29, 0.717) is 33.5 Å². The Balaban J connectivity index is 1.93. The number of hydrogen-bond donors (Lipinski definition) is 2. The summed E-state index contributed by atoms with van der Waals surface area (Å²) in [5, 5.41) is 5.64. The Labute approximate surface area is 154 Å². The van der Waals surface area contributed by atoms with E-state index in [1.807, 2.05) is 0 Å². The number of hydrogen-bond acceptors (Lipinski definition) is 4. The molecular formula is C18H16ClFN2O4. The molecule has 1 heterocycles. The Hall–Kier alpha value is -2.80. The third kappa shape index (κ3) is 3.43. The van der Waals surface area contributed by atoms with Crippen LogP contribution in [-0.4, -0.2) is 26.0 Å². The van der Waals surface area contributed by atoms with Crippen LogP contribution in [0.3, 0.4) is 0 Å². The first-order valence-corrected chi connectivity index (χ1v) is 8.12. The summed E-state index contributed by atoms with van der Waals surface area (Å²) in [6.07, 6.45) is -0.0441. The molecule has 1 unspecified atom stereocenters. The van der Waals surface area contributed by atoms with E-state index >= 15 is 0 Å². The van der Waals surface area contributed by atoms with E-state index in [2.05, 4.69) is 10.6 Å². The van der Waals surface area contributed by atoms with Crippen LogP contribution in [0.25, 0.3) is 0 Å². The van der Waals surface area contributed by atoms with Crippen molar-refractivity contribution in [2.24, 2.45) is 0 Å². The van der Waals surface area contributed by atoms with Crippen molar-refractivity contribution in [3.63, 3.8) is 0 Å². The van der Waals surface area contributed by atoms with E-state index in [1.54, 1.807) is 0 Å². The first-order valence-electron chi connectivity index (χ1n) is 7.74. The van der Waals surface area contributed by atoms with Gasteiger partial charge in [-0.1, -0.05) is 17.7 Å². The number of carbonyl (C=O) groups excluding carboxylic acids is 2. The molecule has 0 aliphatic carbocycles. The van der Waals surface area contributed by atoms with Crippen LogP contribution in [0.15, 0.2) is 30.3 Å². The fourth-order valence-corrected chi connectivity index (χ4v) is 3.08. The summed E-state index contributed by atoms with van der Waals surface area (Å²) in [5.41, 5.74) is 1.19. The van der Waals surface area contributed by atoms with Crippen LogP contribution in [0.4, 0.5) is 15.8 Å². The number of halogens is 2. The molecule has 0 aromatic heterocycles. The number of fused-ring (bicyclic) bond motifs is 1. The van der Waals surface area contributed by atoms with Crippen LogP contribution < -0.4 is 20.1 Å². The topological polar surface area (TPSA) is 76.7 Å². The minimum atomic E-state index is -0.759. The molecule has 3 rings (SSSR count). The second-order valence-corrected chi connectivity index (χ2v) is 6.12. The zero-order valence-electron chi connectivity index (χ0n) is 14.1. The number of methoxy groups -OCH3 is 2. The minimum absolute atomic E-state index is 0.0441. The van der Waals surface area contributed by atoms with Crippen LogP contribution in [-0.2, 0) is 9.59 Å². The van der Waals surface area contributed by atoms with Gasteiger partial charge in [0.2, 0.25) is 11.8 Å². The van der Waals surface area contributed by atoms with Crippen LogP contribution in [0.5, 0.6) is 11.5 Å². The number of carbonyl (C=O) groups is 2. The Bertz CT molecular complexity index is 888. The lowest BCUT2D eigenvalue weighted by molar-refractivity contribution is -0.123. The summed E-state index contributed by atoms with van der Waals surface area (Å²) >= 11 is 6.06. The molecule has 1 atom stereocenters. The number of nitrogens with one attached hydrogen (secondary N) is 2. The van der Waals surface area contributed by atoms with Gasteiger partial charge >= 0.3 is 0 Å². The SMILES string of the molecule is COc1cc(NC(=O)C2CC(=O)Nc3cc(F)ccc32)c(OC)cc1Cl. The monoisotopic (exact) mass is 378 g/mol. The second kappa shape index (κ2) is 7.21. The molecule has 0 radical (unpaired) electrons. The first kappa shape index (κ1) is 18.0. The summed E-state index contributed by atoms with van der Waals surface area (Å²) in [6, 6.07) is 7.00. The molecule has 2 amide bonds. The van der Waals surface area contributed by atoms with Gasteiger partial charge in [-0.2, -0.15) is 0 Å². The van der Waals surface area contributed by atoms with E-state index in [0.717, 1.165) is 0 Å². The highest BCUT2D eigenvalue weighted by molar-refractivity contribution is 6.32. The maximum Gasteiger partial charge on any atom is 0.232 e. The highest BCUT2D eigenvalue weighted by Crippen LogP contribution is 2.38. The predicted molar refractivity (Wildman–Crippen MR) is 95.6 cm³/mol. The van der Waals surface area contributed by atoms with Crippen molar-refractivity contribution in [1.82, 2.24) is 0 Å². The molecule has 0 fully saturated rings. The molecule has 6 nitrogen and oxygen atoms in total. The lowest BCUT2D eigenvalue weighted by atomic mass is 9.89. The largest absolute Gasteiger partial charge is 0.495 e. The molecular weight excluding hydrogens is 363 g/mol. The average Bonchev–Trinajstić information content (AvgIpc) is 2.61. The molecule has 0 spiro atoms. The zero-order valence-corrected chi connectivity index (χ0v) is 14.8. The van der Waals surface area contributed by atoms with E-state index in [9.17, 15) is 14.0 Å². The van der Waals surface area contributed by atoms with E-state index in [4.69, 9.17) is 21.1 Å². The Morgan fingerprint density at radius 2 is 1.96 bits per heavy atom. The van der Waals surface area contributed by atoms with E-state index < -0.39 is 17.6 Å². The maximum absolute atomic E-state index is 13.4. The number of benzene rings is 2. The Morgan fingerprint density at radius 1 is 1.23 bits per heavy atom. The lowest BCUT2D eigenvalue weighted by Crippen LogP contribution is -2.31. The van der Waals surface area contributed by atoms with Crippen LogP contribution >= 0.6 is 11.6 Å². The molecule has 26 heavy (non-hydrogen) atoms. The summed E-state index contributed by atoms with van der Waals surface area (Å²) < 4.78 is 23.8. The number of amides is 2. The highest BCUT2D eigenvalue weighted by Gasteiger charge is 2.31. The number of rotatable bonds is 4. The van der Waals surface area contributed by atoms with Gasteiger partial charge in [-0.3, -0.25) is 9.59 Å². The van der Waals surface area contributed by atoms with Gasteiger partial charge < -0.3 is 20.1 Å². The highest BCUT2D eigenvalue weighted by atomic mass is 35.5. The molecule has 2 aromatic carbocycles. The van der Waals surface area contributed by atoms with Gasteiger partial charge in [0, 0.05) is 24.2 Å². The molecule has 2 aromatic rings. The van der Waals surface area contributed by atoms with Gasteiger partial charge in [0.05, 0.1) is 30.8 Å². The van der Waals surface area contributed by atoms with Crippen LogP contribution in [0.1, 0.15) is 17.9 Å². The smallest absolute Gasteiger partial charge is 0.232 e. The molecule has 8 heteroatoms. The standard InChI is InChI=1S/C18H16ClFN2O4/c1-25-15-8-14(16(26-2)7-12(15)19)22-18(24)11-6-17(23)21-13-5-9(20)3-4-10(11)13/h3-5,7-8,11H,6H2,1-2H3,(H,21,23)(H,22,24). The molecule has 0 saturated heterocycles. The van der Waals surface area contributed by atoms with Gasteiger partial charge in [-0.15, -0.1) is 0 Å². The van der Waals surface area contributed by atoms with Crippen molar-refractivity contribution in [3.05, 3.63) is 46.7 Å². The zero-order chi connectivity index (χ0) is 18.8. The molecule has 1 aliphatic rings. The summed E-state index contributed by atoms with van der Waals surface area (Å²) in [5.74, 6) is -1.31. The number of anilines is 2. The third-order valence-corrected chi connectivity index (χ3v) is 4.40. The lowest BCUT2D eigenvalue weighted by Gasteiger charge is -2.25. The van der Waals surface area contributed by atoms with Crippen molar-refractivity contribution < 1.29 is 23.5 Å². The van der Waals surface area contributed by atoms with Gasteiger partial charge in [0.1, 0.15) is 17.3 Å². The fourth-order valence-electron chi connectivity index (χ4n) is 2.85. The van der Waals surface area contributed by atoms with Gasteiger partial charge in [0.25, 0.3) is 0 Å². The molecule has 1 aliphatic heterocycles. The van der Waals surface area contributed by atoms with Gasteiger partial charge in [0.15, 0.2) is 0 Å². The Morgan fingerprint density at radius 3 is 2.65 bits per heavy atom. The average molecular weight is 379 g/mol. The molecule has 0 saturated carbocycles. The third-order valence-electron chi connectivity index (χ3n) is 4.10. The van der Waals surface area contributed by atoms with E-state index in [-0.39, 0.29) is 12.3 Å².